The van der Waals surface area contributed by atoms with E-state index in [1.807, 2.05) is 6.07 Å². The second kappa shape index (κ2) is 5.02. The zero-order valence-electron chi connectivity index (χ0n) is 6.33. The van der Waals surface area contributed by atoms with E-state index in [0.717, 1.165) is 10.6 Å². The van der Waals surface area contributed by atoms with E-state index in [9.17, 15) is 0 Å². The van der Waals surface area contributed by atoms with E-state index in [-0.39, 0.29) is 0 Å². The van der Waals surface area contributed by atoms with Crippen LogP contribution in [-0.2, 0) is 0 Å². The van der Waals surface area contributed by atoms with E-state index in [1.54, 1.807) is 24.2 Å². The fourth-order valence-electron chi connectivity index (χ4n) is 0.740. The van der Waals surface area contributed by atoms with E-state index < -0.39 is 0 Å². The lowest BCUT2D eigenvalue weighted by atomic mass is 10.3. The van der Waals surface area contributed by atoms with E-state index >= 15 is 0 Å². The summed E-state index contributed by atoms with van der Waals surface area (Å²) < 4.78 is 0. The quantitative estimate of drug-likeness (QED) is 0.553. The summed E-state index contributed by atoms with van der Waals surface area (Å²) in [6, 6.07) is 3.91. The number of aromatic nitrogens is 1. The van der Waals surface area contributed by atoms with Crippen molar-refractivity contribution in [2.75, 3.05) is 11.6 Å². The van der Waals surface area contributed by atoms with Gasteiger partial charge in [-0.25, -0.2) is 0 Å². The highest BCUT2D eigenvalue weighted by Crippen LogP contribution is 2.20. The third-order valence-electron chi connectivity index (χ3n) is 1.24. The summed E-state index contributed by atoms with van der Waals surface area (Å²) >= 11 is 7.10. The maximum Gasteiger partial charge on any atom is 0.102 e. The fourth-order valence-corrected chi connectivity index (χ4v) is 1.68. The van der Waals surface area contributed by atoms with Crippen molar-refractivity contribution in [3.63, 3.8) is 0 Å². The second-order valence-electron chi connectivity index (χ2n) is 2.02. The predicted molar refractivity (Wildman–Crippen MR) is 50.4 cm³/mol. The number of hydrogen-bond donors (Lipinski definition) is 0. The summed E-state index contributed by atoms with van der Waals surface area (Å²) in [6.07, 6.45) is 3.24. The van der Waals surface area contributed by atoms with Crippen LogP contribution in [0.1, 0.15) is 5.56 Å². The molecule has 0 unspecified atom stereocenters. The van der Waals surface area contributed by atoms with Crippen molar-refractivity contribution in [1.29, 1.82) is 5.26 Å². The van der Waals surface area contributed by atoms with Crippen LogP contribution in [-0.4, -0.2) is 16.6 Å². The third-order valence-corrected chi connectivity index (χ3v) is 2.72. The standard InChI is InChI=1S/C8H7ClN2S/c9-2-4-12-8-1-3-11-6-7(8)5-10/h1,3,6H,2,4H2. The molecule has 1 rings (SSSR count). The number of pyridine rings is 1. The van der Waals surface area contributed by atoms with Gasteiger partial charge in [0, 0.05) is 28.9 Å². The molecule has 0 atom stereocenters. The maximum atomic E-state index is 8.68. The SMILES string of the molecule is N#Cc1cnccc1SCCCl. The van der Waals surface area contributed by atoms with Crippen molar-refractivity contribution >= 4 is 23.4 Å². The van der Waals surface area contributed by atoms with Gasteiger partial charge < -0.3 is 0 Å². The van der Waals surface area contributed by atoms with Gasteiger partial charge in [0.05, 0.1) is 5.56 Å². The summed E-state index contributed by atoms with van der Waals surface area (Å²) in [5, 5.41) is 8.68. The molecule has 0 bridgehead atoms. The van der Waals surface area contributed by atoms with Crippen molar-refractivity contribution < 1.29 is 0 Å². The van der Waals surface area contributed by atoms with Crippen LogP contribution in [0, 0.1) is 11.3 Å². The van der Waals surface area contributed by atoms with Gasteiger partial charge in [-0.1, -0.05) is 0 Å². The molecule has 0 N–H and O–H groups in total. The van der Waals surface area contributed by atoms with E-state index in [1.165, 1.54) is 0 Å². The first-order valence-electron chi connectivity index (χ1n) is 3.41. The number of alkyl halides is 1. The van der Waals surface area contributed by atoms with Gasteiger partial charge >= 0.3 is 0 Å². The van der Waals surface area contributed by atoms with Gasteiger partial charge in [-0.2, -0.15) is 5.26 Å². The molecule has 0 amide bonds. The van der Waals surface area contributed by atoms with E-state index in [4.69, 9.17) is 16.9 Å². The monoisotopic (exact) mass is 198 g/mol. The Morgan fingerprint density at radius 1 is 1.67 bits per heavy atom. The summed E-state index contributed by atoms with van der Waals surface area (Å²) in [7, 11) is 0. The number of thioether (sulfide) groups is 1. The Balaban J connectivity index is 2.77. The van der Waals surface area contributed by atoms with Crippen LogP contribution in [0.25, 0.3) is 0 Å². The first-order chi connectivity index (χ1) is 5.88. The molecule has 4 heteroatoms. The lowest BCUT2D eigenvalue weighted by molar-refractivity contribution is 1.22. The summed E-state index contributed by atoms with van der Waals surface area (Å²) in [5.41, 5.74) is 0.618. The summed E-state index contributed by atoms with van der Waals surface area (Å²) in [4.78, 5) is 4.81. The molecule has 2 nitrogen and oxygen atoms in total. The molecule has 1 heterocycles. The molecule has 0 aliphatic carbocycles. The molecule has 12 heavy (non-hydrogen) atoms. The number of nitrogens with zero attached hydrogens (tertiary/aromatic N) is 2. The number of halogens is 1. The Kier molecular flexibility index (Phi) is 3.92. The molecule has 0 aliphatic heterocycles. The van der Waals surface area contributed by atoms with Crippen molar-refractivity contribution in [2.45, 2.75) is 4.90 Å². The highest BCUT2D eigenvalue weighted by Gasteiger charge is 2.00. The van der Waals surface area contributed by atoms with Crippen molar-refractivity contribution in [1.82, 2.24) is 4.98 Å². The highest BCUT2D eigenvalue weighted by molar-refractivity contribution is 7.99. The smallest absolute Gasteiger partial charge is 0.102 e. The van der Waals surface area contributed by atoms with Gasteiger partial charge in [-0.05, 0) is 6.07 Å². The molecule has 1 aromatic heterocycles. The molecule has 62 valence electrons. The first kappa shape index (κ1) is 9.37. The second-order valence-corrected chi connectivity index (χ2v) is 3.54. The largest absolute Gasteiger partial charge is 0.263 e. The Morgan fingerprint density at radius 2 is 2.50 bits per heavy atom. The van der Waals surface area contributed by atoms with Crippen LogP contribution in [0.3, 0.4) is 0 Å². The summed E-state index contributed by atoms with van der Waals surface area (Å²) in [6.45, 7) is 0. The Morgan fingerprint density at radius 3 is 3.17 bits per heavy atom. The topological polar surface area (TPSA) is 36.7 Å². The molecule has 0 saturated carbocycles. The zero-order valence-corrected chi connectivity index (χ0v) is 7.90. The fraction of sp³-hybridized carbons (Fsp3) is 0.250. The van der Waals surface area contributed by atoms with Crippen LogP contribution >= 0.6 is 23.4 Å². The molecule has 0 aromatic carbocycles. The van der Waals surface area contributed by atoms with Crippen molar-refractivity contribution in [2.24, 2.45) is 0 Å². The van der Waals surface area contributed by atoms with Gasteiger partial charge in [-0.3, -0.25) is 4.98 Å². The maximum absolute atomic E-state index is 8.68. The number of nitriles is 1. The van der Waals surface area contributed by atoms with Gasteiger partial charge in [0.1, 0.15) is 6.07 Å². The average Bonchev–Trinajstić information content (AvgIpc) is 2.15. The van der Waals surface area contributed by atoms with Crippen LogP contribution < -0.4 is 0 Å². The van der Waals surface area contributed by atoms with Gasteiger partial charge in [-0.15, -0.1) is 23.4 Å². The lowest BCUT2D eigenvalue weighted by Gasteiger charge is -1.99. The molecule has 0 aliphatic rings. The van der Waals surface area contributed by atoms with Crippen LogP contribution in [0.5, 0.6) is 0 Å². The molecule has 0 saturated heterocycles. The van der Waals surface area contributed by atoms with Crippen molar-refractivity contribution in [3.05, 3.63) is 24.0 Å². The minimum Gasteiger partial charge on any atom is -0.263 e. The molecular weight excluding hydrogens is 192 g/mol. The normalized spacial score (nSPS) is 9.33. The van der Waals surface area contributed by atoms with Crippen LogP contribution in [0.15, 0.2) is 23.4 Å². The van der Waals surface area contributed by atoms with Crippen molar-refractivity contribution in [3.8, 4) is 6.07 Å². The van der Waals surface area contributed by atoms with E-state index in [0.29, 0.717) is 11.4 Å². The molecule has 1 aromatic rings. The van der Waals surface area contributed by atoms with Crippen LogP contribution in [0.4, 0.5) is 0 Å². The number of hydrogen-bond acceptors (Lipinski definition) is 3. The Bertz CT molecular complexity index is 295. The molecule has 0 radical (unpaired) electrons. The minimum absolute atomic E-state index is 0.595. The molecule has 0 spiro atoms. The number of rotatable bonds is 3. The average molecular weight is 199 g/mol. The zero-order chi connectivity index (χ0) is 8.81. The van der Waals surface area contributed by atoms with Gasteiger partial charge in [0.2, 0.25) is 0 Å². The van der Waals surface area contributed by atoms with Crippen LogP contribution in [0.2, 0.25) is 0 Å². The molecular formula is C8H7ClN2S. The van der Waals surface area contributed by atoms with E-state index in [2.05, 4.69) is 11.1 Å². The summed E-state index contributed by atoms with van der Waals surface area (Å²) in [5.74, 6) is 1.41. The molecule has 0 fully saturated rings. The third kappa shape index (κ3) is 2.40. The predicted octanol–water partition coefficient (Wildman–Crippen LogP) is 2.28. The van der Waals surface area contributed by atoms with Gasteiger partial charge in [0.25, 0.3) is 0 Å². The van der Waals surface area contributed by atoms with Gasteiger partial charge in [0.15, 0.2) is 0 Å². The Hall–Kier alpha value is -0.720. The lowest BCUT2D eigenvalue weighted by Crippen LogP contribution is -1.85. The minimum atomic E-state index is 0.595. The first-order valence-corrected chi connectivity index (χ1v) is 4.93. The highest BCUT2D eigenvalue weighted by atomic mass is 35.5. The Labute approximate surface area is 80.6 Å².